The predicted octanol–water partition coefficient (Wildman–Crippen LogP) is 6.42. The maximum atomic E-state index is 16.1. The van der Waals surface area contributed by atoms with Crippen molar-refractivity contribution in [3.05, 3.63) is 73.0 Å². The number of halogens is 2. The van der Waals surface area contributed by atoms with Crippen molar-refractivity contribution < 1.29 is 13.6 Å². The van der Waals surface area contributed by atoms with Crippen LogP contribution in [0.5, 0.6) is 0 Å². The van der Waals surface area contributed by atoms with E-state index >= 15 is 4.39 Å². The topological polar surface area (TPSA) is 125 Å². The molecule has 11 heteroatoms. The van der Waals surface area contributed by atoms with Crippen LogP contribution >= 0.6 is 0 Å². The molecule has 5 heterocycles. The number of hydrogen-bond donors (Lipinski definition) is 3. The average molecular weight is 551 g/mol. The van der Waals surface area contributed by atoms with E-state index in [4.69, 9.17) is 0 Å². The Morgan fingerprint density at radius 3 is 2.59 bits per heavy atom. The Balaban J connectivity index is 1.27. The highest BCUT2D eigenvalue weighted by atomic mass is 19.1. The van der Waals surface area contributed by atoms with Crippen LogP contribution < -0.4 is 5.32 Å². The lowest BCUT2D eigenvalue weighted by Crippen LogP contribution is -2.24. The van der Waals surface area contributed by atoms with Crippen molar-refractivity contribution in [2.24, 2.45) is 5.92 Å². The van der Waals surface area contributed by atoms with E-state index in [9.17, 15) is 9.18 Å². The Morgan fingerprint density at radius 2 is 1.73 bits per heavy atom. The van der Waals surface area contributed by atoms with Gasteiger partial charge in [0.05, 0.1) is 40.7 Å². The number of amides is 1. The number of rotatable bonds is 5. The minimum atomic E-state index is -0.614. The van der Waals surface area contributed by atoms with Gasteiger partial charge in [-0.05, 0) is 25.0 Å². The molecule has 1 aromatic carbocycles. The number of carbonyl (C=O) groups is 1. The summed E-state index contributed by atoms with van der Waals surface area (Å²) in [7, 11) is 0. The zero-order chi connectivity index (χ0) is 27.9. The number of aromatic nitrogens is 7. The van der Waals surface area contributed by atoms with Gasteiger partial charge in [-0.1, -0.05) is 37.5 Å². The van der Waals surface area contributed by atoms with Gasteiger partial charge in [0.25, 0.3) is 0 Å². The third kappa shape index (κ3) is 4.48. The molecule has 6 aromatic rings. The zero-order valence-corrected chi connectivity index (χ0v) is 21.8. The van der Waals surface area contributed by atoms with E-state index in [0.717, 1.165) is 32.1 Å². The molecule has 0 spiro atoms. The average Bonchev–Trinajstić information content (AvgIpc) is 3.63. The van der Waals surface area contributed by atoms with Crippen molar-refractivity contribution in [1.29, 1.82) is 0 Å². The van der Waals surface area contributed by atoms with Crippen LogP contribution in [0, 0.1) is 17.6 Å². The summed E-state index contributed by atoms with van der Waals surface area (Å²) < 4.78 is 30.7. The van der Waals surface area contributed by atoms with Crippen LogP contribution in [0.25, 0.3) is 55.8 Å². The van der Waals surface area contributed by atoms with E-state index in [0.29, 0.717) is 44.8 Å². The van der Waals surface area contributed by atoms with Crippen LogP contribution in [0.1, 0.15) is 32.1 Å². The molecule has 0 unspecified atom stereocenters. The molecule has 1 aliphatic carbocycles. The van der Waals surface area contributed by atoms with Crippen molar-refractivity contribution in [3.8, 4) is 33.9 Å². The number of hydrogen-bond acceptors (Lipinski definition) is 6. The van der Waals surface area contributed by atoms with Gasteiger partial charge in [-0.15, -0.1) is 0 Å². The number of pyridine rings is 3. The summed E-state index contributed by atoms with van der Waals surface area (Å²) in [5, 5.41) is 10.3. The lowest BCUT2D eigenvalue weighted by Gasteiger charge is -2.20. The normalized spacial score (nSPS) is 14.1. The summed E-state index contributed by atoms with van der Waals surface area (Å²) in [5.41, 5.74) is 3.47. The number of fused-ring (bicyclic) bond motifs is 2. The molecule has 0 radical (unpaired) electrons. The van der Waals surface area contributed by atoms with E-state index in [1.807, 2.05) is 0 Å². The lowest BCUT2D eigenvalue weighted by atomic mass is 9.88. The van der Waals surface area contributed by atoms with Crippen molar-refractivity contribution in [1.82, 2.24) is 35.1 Å². The van der Waals surface area contributed by atoms with Crippen LogP contribution in [-0.4, -0.2) is 41.0 Å². The Kier molecular flexibility index (Phi) is 6.18. The van der Waals surface area contributed by atoms with Crippen molar-refractivity contribution in [2.45, 2.75) is 32.1 Å². The highest BCUT2D eigenvalue weighted by Gasteiger charge is 2.23. The van der Waals surface area contributed by atoms with Gasteiger partial charge in [-0.2, -0.15) is 5.10 Å². The number of carbonyl (C=O) groups excluding carboxylic acids is 1. The summed E-state index contributed by atoms with van der Waals surface area (Å²) >= 11 is 0. The SMILES string of the molecule is O=C(Nc1cncc(-c2ncc3[nH]nc(-c4nc5c(-c6ccccc6F)cncc5[nH]4)c3c2F)c1)C1CCCCC1. The highest BCUT2D eigenvalue weighted by molar-refractivity contribution is 5.98. The van der Waals surface area contributed by atoms with E-state index in [1.54, 1.807) is 42.9 Å². The lowest BCUT2D eigenvalue weighted by molar-refractivity contribution is -0.120. The van der Waals surface area contributed by atoms with Crippen LogP contribution in [0.4, 0.5) is 14.5 Å². The molecule has 5 aromatic heterocycles. The van der Waals surface area contributed by atoms with Gasteiger partial charge in [-0.3, -0.25) is 24.8 Å². The van der Waals surface area contributed by atoms with Gasteiger partial charge in [0.1, 0.15) is 22.7 Å². The number of nitrogens with zero attached hydrogens (tertiary/aromatic N) is 5. The third-order valence-corrected chi connectivity index (χ3v) is 7.58. The van der Waals surface area contributed by atoms with Crippen molar-refractivity contribution in [3.63, 3.8) is 0 Å². The van der Waals surface area contributed by atoms with Gasteiger partial charge in [0.2, 0.25) is 5.91 Å². The van der Waals surface area contributed by atoms with Gasteiger partial charge in [0.15, 0.2) is 11.6 Å². The standard InChI is InChI=1S/C30H24F2N8O/c31-21-9-5-4-8-19(21)20-13-34-14-23-27(20)38-29(37-23)28-24-22(39-40-28)15-35-26(25(24)32)17-10-18(12-33-11-17)36-30(41)16-6-2-1-3-7-16/h4-5,8-16H,1-3,6-7H2,(H,36,41)(H,37,38)(H,39,40). The number of H-pyrrole nitrogens is 2. The van der Waals surface area contributed by atoms with Gasteiger partial charge in [0, 0.05) is 35.0 Å². The first-order chi connectivity index (χ1) is 20.1. The van der Waals surface area contributed by atoms with Crippen molar-refractivity contribution in [2.75, 3.05) is 5.32 Å². The summed E-state index contributed by atoms with van der Waals surface area (Å²) in [6, 6.07) is 8.04. The highest BCUT2D eigenvalue weighted by Crippen LogP contribution is 2.35. The van der Waals surface area contributed by atoms with E-state index in [-0.39, 0.29) is 28.6 Å². The van der Waals surface area contributed by atoms with Crippen LogP contribution in [0.3, 0.4) is 0 Å². The Labute approximate surface area is 232 Å². The van der Waals surface area contributed by atoms with Crippen LogP contribution in [-0.2, 0) is 4.79 Å². The second kappa shape index (κ2) is 10.2. The monoisotopic (exact) mass is 550 g/mol. The zero-order valence-electron chi connectivity index (χ0n) is 21.8. The molecule has 3 N–H and O–H groups in total. The predicted molar refractivity (Wildman–Crippen MR) is 151 cm³/mol. The smallest absolute Gasteiger partial charge is 0.227 e. The molecule has 41 heavy (non-hydrogen) atoms. The molecule has 1 aliphatic rings. The van der Waals surface area contributed by atoms with E-state index in [1.165, 1.54) is 18.5 Å². The molecular weight excluding hydrogens is 526 g/mol. The maximum Gasteiger partial charge on any atom is 0.227 e. The molecule has 1 fully saturated rings. The van der Waals surface area contributed by atoms with Crippen molar-refractivity contribution >= 4 is 33.5 Å². The number of nitrogens with one attached hydrogen (secondary N) is 3. The molecule has 9 nitrogen and oxygen atoms in total. The Morgan fingerprint density at radius 1 is 0.902 bits per heavy atom. The number of imidazole rings is 1. The Hall–Kier alpha value is -5.06. The first kappa shape index (κ1) is 24.9. The van der Waals surface area contributed by atoms with Gasteiger partial charge in [-0.25, -0.2) is 13.8 Å². The second-order valence-electron chi connectivity index (χ2n) is 10.2. The van der Waals surface area contributed by atoms with Crippen LogP contribution in [0.15, 0.2) is 61.3 Å². The quantitative estimate of drug-likeness (QED) is 0.227. The summed E-state index contributed by atoms with van der Waals surface area (Å²) in [6.07, 6.45) is 12.6. The molecule has 0 bridgehead atoms. The third-order valence-electron chi connectivity index (χ3n) is 7.58. The summed E-state index contributed by atoms with van der Waals surface area (Å²) in [6.45, 7) is 0. The molecule has 0 aliphatic heterocycles. The molecular formula is C30H24F2N8O. The molecule has 1 amide bonds. The summed E-state index contributed by atoms with van der Waals surface area (Å²) in [5.74, 6) is -0.788. The largest absolute Gasteiger partial charge is 0.335 e. The fourth-order valence-corrected chi connectivity index (χ4v) is 5.52. The van der Waals surface area contributed by atoms with E-state index in [2.05, 4.69) is 40.4 Å². The molecule has 0 atom stereocenters. The number of anilines is 1. The number of aromatic amines is 2. The number of benzene rings is 1. The molecule has 204 valence electrons. The van der Waals surface area contributed by atoms with E-state index < -0.39 is 11.6 Å². The Bertz CT molecular complexity index is 1930. The first-order valence-corrected chi connectivity index (χ1v) is 13.4. The fourth-order valence-electron chi connectivity index (χ4n) is 5.52. The van der Waals surface area contributed by atoms with Gasteiger partial charge >= 0.3 is 0 Å². The minimum Gasteiger partial charge on any atom is -0.335 e. The van der Waals surface area contributed by atoms with Gasteiger partial charge < -0.3 is 10.3 Å². The minimum absolute atomic E-state index is 0.0231. The summed E-state index contributed by atoms with van der Waals surface area (Å²) in [4.78, 5) is 33.3. The second-order valence-corrected chi connectivity index (χ2v) is 10.2. The molecule has 1 saturated carbocycles. The maximum absolute atomic E-state index is 16.1. The molecule has 7 rings (SSSR count). The van der Waals surface area contributed by atoms with Crippen LogP contribution in [0.2, 0.25) is 0 Å². The fraction of sp³-hybridized carbons (Fsp3) is 0.200. The first-order valence-electron chi connectivity index (χ1n) is 13.4. The molecule has 0 saturated heterocycles.